The Bertz CT molecular complexity index is 1110. The molecule has 0 bridgehead atoms. The van der Waals surface area contributed by atoms with Crippen molar-refractivity contribution >= 4 is 30.6 Å². The van der Waals surface area contributed by atoms with Crippen LogP contribution >= 0.6 is 0 Å². The van der Waals surface area contributed by atoms with Gasteiger partial charge in [0.05, 0.1) is 5.69 Å². The molecule has 1 amide bonds. The fourth-order valence-corrected chi connectivity index (χ4v) is 3.01. The van der Waals surface area contributed by atoms with Crippen molar-refractivity contribution in [3.8, 4) is 11.3 Å². The second kappa shape index (κ2) is 7.56. The first-order chi connectivity index (χ1) is 13.6. The number of benzene rings is 2. The lowest BCUT2D eigenvalue weighted by Gasteiger charge is -2.14. The van der Waals surface area contributed by atoms with Crippen LogP contribution in [0.15, 0.2) is 72.9 Å². The fourth-order valence-electron chi connectivity index (χ4n) is 3.01. The molecule has 0 saturated carbocycles. The summed E-state index contributed by atoms with van der Waals surface area (Å²) < 4.78 is 7.07. The van der Waals surface area contributed by atoms with Crippen LogP contribution in [-0.2, 0) is 4.74 Å². The van der Waals surface area contributed by atoms with E-state index in [9.17, 15) is 4.79 Å². The maximum Gasteiger partial charge on any atom is 0.412 e. The van der Waals surface area contributed by atoms with E-state index in [-0.39, 0.29) is 6.10 Å². The van der Waals surface area contributed by atoms with Crippen LogP contribution < -0.4 is 10.8 Å². The zero-order chi connectivity index (χ0) is 19.5. The number of nitrogens with zero attached hydrogens (tertiary/aromatic N) is 3. The summed E-state index contributed by atoms with van der Waals surface area (Å²) in [4.78, 5) is 12.6. The molecule has 1 N–H and O–H groups in total. The molecule has 0 fully saturated rings. The molecule has 0 spiro atoms. The number of anilines is 1. The molecule has 2 heterocycles. The zero-order valence-electron chi connectivity index (χ0n) is 15.7. The van der Waals surface area contributed by atoms with Gasteiger partial charge in [-0.25, -0.2) is 4.79 Å². The highest BCUT2D eigenvalue weighted by Gasteiger charge is 2.19. The number of ether oxygens (including phenoxy) is 1. The summed E-state index contributed by atoms with van der Waals surface area (Å²) in [7, 11) is 2.02. The summed E-state index contributed by atoms with van der Waals surface area (Å²) in [5.41, 5.74) is 4.88. The summed E-state index contributed by atoms with van der Waals surface area (Å²) in [5.74, 6) is 0. The molecule has 1 atom stereocenters. The van der Waals surface area contributed by atoms with E-state index in [0.717, 1.165) is 16.6 Å². The molecule has 0 radical (unpaired) electrons. The minimum absolute atomic E-state index is 0.371. The highest BCUT2D eigenvalue weighted by molar-refractivity contribution is 6.32. The number of hydrogen-bond acceptors (Lipinski definition) is 4. The second-order valence-electron chi connectivity index (χ2n) is 6.57. The lowest BCUT2D eigenvalue weighted by molar-refractivity contribution is 0.121. The number of aromatic nitrogens is 3. The van der Waals surface area contributed by atoms with Gasteiger partial charge in [0.15, 0.2) is 0 Å². The monoisotopic (exact) mass is 370 g/mol. The molecule has 0 aliphatic rings. The van der Waals surface area contributed by atoms with Crippen LogP contribution in [0.25, 0.3) is 16.8 Å². The van der Waals surface area contributed by atoms with Gasteiger partial charge in [0, 0.05) is 11.8 Å². The van der Waals surface area contributed by atoms with Crippen molar-refractivity contribution in [3.63, 3.8) is 0 Å². The van der Waals surface area contributed by atoms with Crippen LogP contribution in [0.1, 0.15) is 18.6 Å². The summed E-state index contributed by atoms with van der Waals surface area (Å²) in [5, 5.41) is 11.6. The van der Waals surface area contributed by atoms with E-state index in [2.05, 4.69) is 15.5 Å². The van der Waals surface area contributed by atoms with E-state index in [0.29, 0.717) is 16.9 Å². The van der Waals surface area contributed by atoms with Gasteiger partial charge in [-0.15, -0.1) is 9.73 Å². The average molecular weight is 370 g/mol. The maximum atomic E-state index is 12.6. The number of amides is 1. The molecule has 2 aromatic carbocycles. The Hall–Kier alpha value is -3.61. The molecular weight excluding hydrogens is 351 g/mol. The lowest BCUT2D eigenvalue weighted by Crippen LogP contribution is -2.16. The van der Waals surface area contributed by atoms with E-state index in [1.54, 1.807) is 12.3 Å². The standard InChI is InChI=1S/C21H19BN4O2/c1-14(15-6-3-2-4-7-15)28-21(27)24-20-18-8-5-13-23-26(18)25-19(20)16-9-11-17(22)12-10-16/h2-14H,22H2,1H3,(H,24,27)/t14-/m1/s1. The molecule has 7 heteroatoms. The molecule has 0 aliphatic carbocycles. The minimum Gasteiger partial charge on any atom is -0.441 e. The first-order valence-electron chi connectivity index (χ1n) is 9.05. The van der Waals surface area contributed by atoms with Crippen molar-refractivity contribution in [2.24, 2.45) is 0 Å². The van der Waals surface area contributed by atoms with Crippen molar-refractivity contribution in [2.75, 3.05) is 5.32 Å². The van der Waals surface area contributed by atoms with Gasteiger partial charge in [-0.05, 0) is 24.6 Å². The molecular formula is C21H19BN4O2. The molecule has 0 unspecified atom stereocenters. The van der Waals surface area contributed by atoms with Gasteiger partial charge >= 0.3 is 6.09 Å². The first-order valence-corrected chi connectivity index (χ1v) is 9.05. The SMILES string of the molecule is Bc1ccc(-c2nn3ncccc3c2NC(=O)O[C@H](C)c2ccccc2)cc1. The van der Waals surface area contributed by atoms with E-state index in [1.807, 2.05) is 75.4 Å². The molecule has 0 saturated heterocycles. The third-order valence-corrected chi connectivity index (χ3v) is 4.52. The molecule has 4 aromatic rings. The van der Waals surface area contributed by atoms with Crippen molar-refractivity contribution in [3.05, 3.63) is 78.5 Å². The second-order valence-corrected chi connectivity index (χ2v) is 6.57. The van der Waals surface area contributed by atoms with Crippen LogP contribution in [0, 0.1) is 0 Å². The fraction of sp³-hybridized carbons (Fsp3) is 0.0952. The Morgan fingerprint density at radius 1 is 1.07 bits per heavy atom. The molecule has 2 aromatic heterocycles. The summed E-state index contributed by atoms with van der Waals surface area (Å²) in [6.45, 7) is 1.84. The van der Waals surface area contributed by atoms with E-state index >= 15 is 0 Å². The number of fused-ring (bicyclic) bond motifs is 1. The van der Waals surface area contributed by atoms with Crippen molar-refractivity contribution in [2.45, 2.75) is 13.0 Å². The van der Waals surface area contributed by atoms with Gasteiger partial charge in [-0.2, -0.15) is 5.10 Å². The highest BCUT2D eigenvalue weighted by atomic mass is 16.6. The van der Waals surface area contributed by atoms with E-state index in [1.165, 1.54) is 4.63 Å². The molecule has 138 valence electrons. The molecule has 6 nitrogen and oxygen atoms in total. The normalized spacial score (nSPS) is 11.9. The van der Waals surface area contributed by atoms with Crippen LogP contribution in [0.5, 0.6) is 0 Å². The summed E-state index contributed by atoms with van der Waals surface area (Å²) in [6.07, 6.45) is 0.742. The predicted molar refractivity (Wildman–Crippen MR) is 112 cm³/mol. The number of carbonyl (C=O) groups excluding carboxylic acids is 1. The maximum absolute atomic E-state index is 12.6. The van der Waals surface area contributed by atoms with Gasteiger partial charge in [0.1, 0.15) is 25.2 Å². The summed E-state index contributed by atoms with van der Waals surface area (Å²) in [6, 6.07) is 21.2. The predicted octanol–water partition coefficient (Wildman–Crippen LogP) is 2.96. The quantitative estimate of drug-likeness (QED) is 0.561. The number of rotatable bonds is 4. The van der Waals surface area contributed by atoms with Gasteiger partial charge in [-0.1, -0.05) is 60.1 Å². The van der Waals surface area contributed by atoms with Crippen LogP contribution in [-0.4, -0.2) is 28.8 Å². The highest BCUT2D eigenvalue weighted by Crippen LogP contribution is 2.30. The number of nitrogens with one attached hydrogen (secondary N) is 1. The van der Waals surface area contributed by atoms with Crippen molar-refractivity contribution in [1.82, 2.24) is 14.8 Å². The molecule has 28 heavy (non-hydrogen) atoms. The Balaban J connectivity index is 1.64. The Morgan fingerprint density at radius 2 is 1.82 bits per heavy atom. The lowest BCUT2D eigenvalue weighted by atomic mass is 9.94. The Morgan fingerprint density at radius 3 is 2.57 bits per heavy atom. The largest absolute Gasteiger partial charge is 0.441 e. The van der Waals surface area contributed by atoms with Crippen LogP contribution in [0.3, 0.4) is 0 Å². The van der Waals surface area contributed by atoms with Crippen LogP contribution in [0.2, 0.25) is 0 Å². The first kappa shape index (κ1) is 17.8. The third kappa shape index (κ3) is 3.60. The number of hydrogen-bond donors (Lipinski definition) is 1. The molecule has 0 aliphatic heterocycles. The molecule has 4 rings (SSSR count). The van der Waals surface area contributed by atoms with Crippen molar-refractivity contribution < 1.29 is 9.53 Å². The Labute approximate surface area is 163 Å². The van der Waals surface area contributed by atoms with E-state index in [4.69, 9.17) is 4.74 Å². The topological polar surface area (TPSA) is 68.5 Å². The van der Waals surface area contributed by atoms with Gasteiger partial charge in [0.25, 0.3) is 0 Å². The van der Waals surface area contributed by atoms with E-state index < -0.39 is 6.09 Å². The summed E-state index contributed by atoms with van der Waals surface area (Å²) >= 11 is 0. The average Bonchev–Trinajstić information content (AvgIpc) is 3.07. The zero-order valence-corrected chi connectivity index (χ0v) is 15.7. The third-order valence-electron chi connectivity index (χ3n) is 4.52. The van der Waals surface area contributed by atoms with Crippen molar-refractivity contribution in [1.29, 1.82) is 0 Å². The van der Waals surface area contributed by atoms with Crippen LogP contribution in [0.4, 0.5) is 10.5 Å². The smallest absolute Gasteiger partial charge is 0.412 e. The van der Waals surface area contributed by atoms with Gasteiger partial charge < -0.3 is 4.74 Å². The van der Waals surface area contributed by atoms with Gasteiger partial charge in [0.2, 0.25) is 0 Å². The Kier molecular flexibility index (Phi) is 4.80. The minimum atomic E-state index is -0.538. The van der Waals surface area contributed by atoms with Gasteiger partial charge in [-0.3, -0.25) is 5.32 Å². The number of carbonyl (C=O) groups is 1.